The summed E-state index contributed by atoms with van der Waals surface area (Å²) in [5.74, 6) is 0.110. The molecule has 2 aromatic rings. The molecule has 0 aromatic heterocycles. The maximum atomic E-state index is 13.1. The minimum Gasteiger partial charge on any atom is -0.507 e. The van der Waals surface area contributed by atoms with E-state index in [2.05, 4.69) is 11.0 Å². The van der Waals surface area contributed by atoms with Gasteiger partial charge in [0.2, 0.25) is 5.91 Å². The first-order valence-corrected chi connectivity index (χ1v) is 11.3. The number of carbonyl (C=O) groups excluding carboxylic acids is 2. The minimum atomic E-state index is -0.106. The van der Waals surface area contributed by atoms with Gasteiger partial charge in [-0.15, -0.1) is 0 Å². The predicted octanol–water partition coefficient (Wildman–Crippen LogP) is 2.62. The Morgan fingerprint density at radius 1 is 0.839 bits per heavy atom. The van der Waals surface area contributed by atoms with E-state index in [0.29, 0.717) is 38.3 Å². The summed E-state index contributed by atoms with van der Waals surface area (Å²) < 4.78 is 0. The number of phenolic OH excluding ortho intramolecular Hbond substituents is 1. The summed E-state index contributed by atoms with van der Waals surface area (Å²) in [6.45, 7) is 3.59. The van der Waals surface area contributed by atoms with Gasteiger partial charge in [-0.05, 0) is 67.0 Å². The highest BCUT2D eigenvalue weighted by Gasteiger charge is 2.29. The average Bonchev–Trinajstić information content (AvgIpc) is 3.23. The number of anilines is 1. The predicted molar refractivity (Wildman–Crippen MR) is 120 cm³/mol. The van der Waals surface area contributed by atoms with Gasteiger partial charge in [-0.2, -0.15) is 0 Å². The Bertz CT molecular complexity index is 1010. The number of hydrogen-bond acceptors (Lipinski definition) is 4. The highest BCUT2D eigenvalue weighted by molar-refractivity contribution is 5.98. The standard InChI is InChI=1S/C25H29N3O3/c29-23-16-20-7-2-1-6-19(20)15-21(23)25(31)27-13-11-26(12-14-27)17-24(30)28-10-9-18-5-3-4-8-22(18)28/h3-5,8,15-16,29H,1-2,6-7,9-14,17H2. The smallest absolute Gasteiger partial charge is 0.257 e. The molecule has 0 bridgehead atoms. The van der Waals surface area contributed by atoms with Crippen molar-refractivity contribution in [2.45, 2.75) is 32.1 Å². The van der Waals surface area contributed by atoms with Crippen molar-refractivity contribution in [2.75, 3.05) is 44.2 Å². The second-order valence-electron chi connectivity index (χ2n) is 8.84. The summed E-state index contributed by atoms with van der Waals surface area (Å²) in [6, 6.07) is 11.8. The van der Waals surface area contributed by atoms with E-state index < -0.39 is 0 Å². The van der Waals surface area contributed by atoms with Gasteiger partial charge in [-0.1, -0.05) is 18.2 Å². The Morgan fingerprint density at radius 2 is 1.55 bits per heavy atom. The number of rotatable bonds is 3. The van der Waals surface area contributed by atoms with Crippen LogP contribution in [0.1, 0.15) is 39.9 Å². The number of carbonyl (C=O) groups is 2. The zero-order chi connectivity index (χ0) is 21.4. The number of amides is 2. The number of benzene rings is 2. The third-order valence-electron chi connectivity index (χ3n) is 6.90. The van der Waals surface area contributed by atoms with Crippen LogP contribution in [0.4, 0.5) is 5.69 Å². The minimum absolute atomic E-state index is 0.0935. The van der Waals surface area contributed by atoms with Crippen LogP contribution in [0.3, 0.4) is 0 Å². The molecule has 5 rings (SSSR count). The molecule has 0 unspecified atom stereocenters. The van der Waals surface area contributed by atoms with Crippen LogP contribution in [0.15, 0.2) is 36.4 Å². The van der Waals surface area contributed by atoms with Gasteiger partial charge in [0, 0.05) is 38.4 Å². The molecular weight excluding hydrogens is 390 g/mol. The highest BCUT2D eigenvalue weighted by Crippen LogP contribution is 2.30. The lowest BCUT2D eigenvalue weighted by Gasteiger charge is -2.35. The van der Waals surface area contributed by atoms with E-state index in [0.717, 1.165) is 44.3 Å². The van der Waals surface area contributed by atoms with Crippen LogP contribution in [0.25, 0.3) is 0 Å². The summed E-state index contributed by atoms with van der Waals surface area (Å²) in [5.41, 5.74) is 5.05. The van der Waals surface area contributed by atoms with Crippen molar-refractivity contribution in [3.63, 3.8) is 0 Å². The van der Waals surface area contributed by atoms with E-state index in [-0.39, 0.29) is 17.6 Å². The first kappa shape index (κ1) is 20.1. The van der Waals surface area contributed by atoms with Gasteiger partial charge in [0.15, 0.2) is 0 Å². The topological polar surface area (TPSA) is 64.1 Å². The Hall–Kier alpha value is -2.86. The van der Waals surface area contributed by atoms with E-state index in [1.807, 2.05) is 29.2 Å². The summed E-state index contributed by atoms with van der Waals surface area (Å²) in [4.78, 5) is 31.7. The van der Waals surface area contributed by atoms with Gasteiger partial charge >= 0.3 is 0 Å². The molecule has 0 atom stereocenters. The van der Waals surface area contributed by atoms with Crippen molar-refractivity contribution in [2.24, 2.45) is 0 Å². The van der Waals surface area contributed by atoms with Crippen molar-refractivity contribution in [3.05, 3.63) is 58.7 Å². The summed E-state index contributed by atoms with van der Waals surface area (Å²) in [5, 5.41) is 10.4. The fourth-order valence-corrected chi connectivity index (χ4v) is 5.10. The van der Waals surface area contributed by atoms with Crippen LogP contribution < -0.4 is 4.90 Å². The molecule has 2 heterocycles. The molecule has 1 saturated heterocycles. The molecule has 1 fully saturated rings. The van der Waals surface area contributed by atoms with Gasteiger partial charge in [-0.25, -0.2) is 0 Å². The van der Waals surface area contributed by atoms with Crippen LogP contribution >= 0.6 is 0 Å². The van der Waals surface area contributed by atoms with Crippen molar-refractivity contribution < 1.29 is 14.7 Å². The summed E-state index contributed by atoms with van der Waals surface area (Å²) in [7, 11) is 0. The zero-order valence-corrected chi connectivity index (χ0v) is 17.8. The number of aryl methyl sites for hydroxylation is 2. The SMILES string of the molecule is O=C(c1cc2c(cc1O)CCCC2)N1CCN(CC(=O)N2CCc3ccccc32)CC1. The normalized spacial score (nSPS) is 18.6. The zero-order valence-electron chi connectivity index (χ0n) is 17.8. The van der Waals surface area contributed by atoms with Crippen LogP contribution in [-0.2, 0) is 24.1 Å². The Morgan fingerprint density at radius 3 is 2.32 bits per heavy atom. The highest BCUT2D eigenvalue weighted by atomic mass is 16.3. The molecule has 162 valence electrons. The quantitative estimate of drug-likeness (QED) is 0.831. The molecule has 0 spiro atoms. The van der Waals surface area contributed by atoms with E-state index in [1.54, 1.807) is 11.0 Å². The Balaban J connectivity index is 1.19. The van der Waals surface area contributed by atoms with Crippen LogP contribution in [0.2, 0.25) is 0 Å². The number of para-hydroxylation sites is 1. The lowest BCUT2D eigenvalue weighted by atomic mass is 9.89. The van der Waals surface area contributed by atoms with E-state index in [1.165, 1.54) is 16.7 Å². The molecule has 31 heavy (non-hydrogen) atoms. The molecule has 0 saturated carbocycles. The Labute approximate surface area is 183 Å². The number of hydrogen-bond donors (Lipinski definition) is 1. The van der Waals surface area contributed by atoms with Gasteiger partial charge in [0.1, 0.15) is 5.75 Å². The second kappa shape index (κ2) is 8.35. The van der Waals surface area contributed by atoms with Crippen molar-refractivity contribution in [1.29, 1.82) is 0 Å². The molecule has 3 aliphatic rings. The van der Waals surface area contributed by atoms with Crippen LogP contribution in [-0.4, -0.2) is 66.0 Å². The molecule has 2 aromatic carbocycles. The second-order valence-corrected chi connectivity index (χ2v) is 8.84. The van der Waals surface area contributed by atoms with Gasteiger partial charge in [0.25, 0.3) is 5.91 Å². The first-order valence-electron chi connectivity index (χ1n) is 11.3. The molecule has 6 nitrogen and oxygen atoms in total. The number of phenols is 1. The molecule has 1 aliphatic carbocycles. The van der Waals surface area contributed by atoms with Crippen LogP contribution in [0.5, 0.6) is 5.75 Å². The van der Waals surface area contributed by atoms with E-state index in [4.69, 9.17) is 0 Å². The first-order chi connectivity index (χ1) is 15.1. The molecule has 1 N–H and O–H groups in total. The van der Waals surface area contributed by atoms with E-state index in [9.17, 15) is 14.7 Å². The third-order valence-corrected chi connectivity index (χ3v) is 6.90. The summed E-state index contributed by atoms with van der Waals surface area (Å²) >= 11 is 0. The number of nitrogens with zero attached hydrogens (tertiary/aromatic N) is 3. The molecule has 2 aliphatic heterocycles. The number of aromatic hydroxyl groups is 1. The maximum absolute atomic E-state index is 13.1. The molecular formula is C25H29N3O3. The maximum Gasteiger partial charge on any atom is 0.257 e. The third kappa shape index (κ3) is 3.92. The average molecular weight is 420 g/mol. The van der Waals surface area contributed by atoms with E-state index >= 15 is 0 Å². The molecule has 0 radical (unpaired) electrons. The van der Waals surface area contributed by atoms with Crippen molar-refractivity contribution >= 4 is 17.5 Å². The largest absolute Gasteiger partial charge is 0.507 e. The molecule has 2 amide bonds. The van der Waals surface area contributed by atoms with Gasteiger partial charge in [-0.3, -0.25) is 14.5 Å². The fourth-order valence-electron chi connectivity index (χ4n) is 5.10. The van der Waals surface area contributed by atoms with Crippen molar-refractivity contribution in [3.8, 4) is 5.75 Å². The molecule has 6 heteroatoms. The lowest BCUT2D eigenvalue weighted by molar-refractivity contribution is -0.120. The van der Waals surface area contributed by atoms with Gasteiger partial charge in [0.05, 0.1) is 12.1 Å². The monoisotopic (exact) mass is 419 g/mol. The fraction of sp³-hybridized carbons (Fsp3) is 0.440. The lowest BCUT2D eigenvalue weighted by Crippen LogP contribution is -2.51. The number of piperazine rings is 1. The van der Waals surface area contributed by atoms with Crippen LogP contribution in [0, 0.1) is 0 Å². The summed E-state index contributed by atoms with van der Waals surface area (Å²) in [6.07, 6.45) is 5.15. The Kier molecular flexibility index (Phi) is 5.40. The van der Waals surface area contributed by atoms with Gasteiger partial charge < -0.3 is 14.9 Å². The van der Waals surface area contributed by atoms with Crippen molar-refractivity contribution in [1.82, 2.24) is 9.80 Å². The number of fused-ring (bicyclic) bond motifs is 2.